The Bertz CT molecular complexity index is 948. The number of piperidine rings is 1. The van der Waals surface area contributed by atoms with Crippen molar-refractivity contribution < 1.29 is 9.18 Å². The number of nitrogens with two attached hydrogens (primary N) is 1. The third kappa shape index (κ3) is 3.55. The molecule has 3 heterocycles. The topological polar surface area (TPSA) is 77.0 Å². The molecule has 0 spiro atoms. The Morgan fingerprint density at radius 2 is 2.00 bits per heavy atom. The molecule has 6 nitrogen and oxygen atoms in total. The molecule has 1 saturated heterocycles. The minimum atomic E-state index is -0.759. The first-order valence-corrected chi connectivity index (χ1v) is 9.19. The summed E-state index contributed by atoms with van der Waals surface area (Å²) in [5.41, 5.74) is 7.54. The first-order valence-electron chi connectivity index (χ1n) is 9.19. The second-order valence-corrected chi connectivity index (χ2v) is 6.97. The molecule has 1 atom stereocenters. The van der Waals surface area contributed by atoms with Crippen molar-refractivity contribution in [3.05, 3.63) is 60.3 Å². The summed E-state index contributed by atoms with van der Waals surface area (Å²) >= 11 is 0. The number of fused-ring (bicyclic) bond motifs is 1. The molecule has 2 aromatic heterocycles. The van der Waals surface area contributed by atoms with Gasteiger partial charge in [0.05, 0.1) is 23.8 Å². The number of nitrogens with zero attached hydrogens (tertiary/aromatic N) is 4. The van der Waals surface area contributed by atoms with Gasteiger partial charge in [-0.1, -0.05) is 24.3 Å². The van der Waals surface area contributed by atoms with Crippen LogP contribution in [0.25, 0.3) is 10.9 Å². The van der Waals surface area contributed by atoms with Gasteiger partial charge < -0.3 is 10.6 Å². The van der Waals surface area contributed by atoms with E-state index in [1.54, 1.807) is 17.0 Å². The molecule has 1 amide bonds. The lowest BCUT2D eigenvalue weighted by Gasteiger charge is -2.33. The van der Waals surface area contributed by atoms with Crippen molar-refractivity contribution in [1.29, 1.82) is 0 Å². The molecular formula is C20H22FN5O. The predicted octanol–water partition coefficient (Wildman–Crippen LogP) is 2.30. The fourth-order valence-corrected chi connectivity index (χ4v) is 3.74. The highest BCUT2D eigenvalue weighted by Crippen LogP contribution is 2.26. The molecule has 0 saturated carbocycles. The zero-order chi connectivity index (χ0) is 18.8. The Kier molecular flexibility index (Phi) is 4.85. The standard InChI is InChI=1S/C20H22FN5O/c21-19-14(5-3-9-23-19)12-17(22)20(27)25-10-7-16(8-11-25)26-18-6-2-1-4-15(18)13-24-26/h1-6,9,13,16-17H,7-8,10-12,22H2. The predicted molar refractivity (Wildman–Crippen MR) is 100 cm³/mol. The van der Waals surface area contributed by atoms with Gasteiger partial charge in [-0.2, -0.15) is 9.49 Å². The molecule has 1 aliphatic rings. The van der Waals surface area contributed by atoms with Crippen LogP contribution in [0.2, 0.25) is 0 Å². The molecule has 7 heteroatoms. The van der Waals surface area contributed by atoms with E-state index in [0.29, 0.717) is 18.7 Å². The molecule has 1 aromatic carbocycles. The summed E-state index contributed by atoms with van der Waals surface area (Å²) in [5.74, 6) is -0.702. The monoisotopic (exact) mass is 367 g/mol. The first kappa shape index (κ1) is 17.6. The second-order valence-electron chi connectivity index (χ2n) is 6.97. The number of pyridine rings is 1. The number of hydrogen-bond acceptors (Lipinski definition) is 4. The van der Waals surface area contributed by atoms with Crippen molar-refractivity contribution in [3.63, 3.8) is 0 Å². The normalized spacial score (nSPS) is 16.6. The van der Waals surface area contributed by atoms with Gasteiger partial charge in [0.15, 0.2) is 0 Å². The smallest absolute Gasteiger partial charge is 0.239 e. The lowest BCUT2D eigenvalue weighted by atomic mass is 10.0. The number of halogens is 1. The number of amides is 1. The van der Waals surface area contributed by atoms with Gasteiger partial charge in [-0.25, -0.2) is 4.98 Å². The molecule has 4 rings (SSSR count). The van der Waals surface area contributed by atoms with E-state index < -0.39 is 12.0 Å². The van der Waals surface area contributed by atoms with Crippen LogP contribution in [0.1, 0.15) is 24.4 Å². The maximum absolute atomic E-state index is 13.7. The van der Waals surface area contributed by atoms with Crippen molar-refractivity contribution >= 4 is 16.8 Å². The number of carbonyl (C=O) groups is 1. The van der Waals surface area contributed by atoms with Crippen LogP contribution >= 0.6 is 0 Å². The van der Waals surface area contributed by atoms with Gasteiger partial charge in [0.2, 0.25) is 11.9 Å². The van der Waals surface area contributed by atoms with Crippen molar-refractivity contribution in [3.8, 4) is 0 Å². The Balaban J connectivity index is 1.38. The van der Waals surface area contributed by atoms with Crippen molar-refractivity contribution in [2.24, 2.45) is 5.73 Å². The molecule has 1 fully saturated rings. The minimum Gasteiger partial charge on any atom is -0.341 e. The number of para-hydroxylation sites is 1. The Morgan fingerprint density at radius 3 is 2.78 bits per heavy atom. The van der Waals surface area contributed by atoms with E-state index >= 15 is 0 Å². The van der Waals surface area contributed by atoms with Crippen LogP contribution in [0.5, 0.6) is 0 Å². The van der Waals surface area contributed by atoms with Gasteiger partial charge >= 0.3 is 0 Å². The Labute approximate surface area is 156 Å². The van der Waals surface area contributed by atoms with Crippen LogP contribution in [-0.2, 0) is 11.2 Å². The van der Waals surface area contributed by atoms with Gasteiger partial charge in [0, 0.05) is 36.7 Å². The van der Waals surface area contributed by atoms with Gasteiger partial charge in [-0.15, -0.1) is 0 Å². The van der Waals surface area contributed by atoms with Crippen molar-refractivity contribution in [2.45, 2.75) is 31.3 Å². The van der Waals surface area contributed by atoms with E-state index in [-0.39, 0.29) is 18.4 Å². The van der Waals surface area contributed by atoms with Crippen LogP contribution < -0.4 is 5.73 Å². The van der Waals surface area contributed by atoms with Crippen molar-refractivity contribution in [2.75, 3.05) is 13.1 Å². The quantitative estimate of drug-likeness (QED) is 0.718. The summed E-state index contributed by atoms with van der Waals surface area (Å²) in [4.78, 5) is 18.0. The summed E-state index contributed by atoms with van der Waals surface area (Å²) in [7, 11) is 0. The van der Waals surface area contributed by atoms with Crippen LogP contribution in [0.4, 0.5) is 4.39 Å². The molecular weight excluding hydrogens is 345 g/mol. The molecule has 140 valence electrons. The summed E-state index contributed by atoms with van der Waals surface area (Å²) in [5, 5.41) is 5.65. The van der Waals surface area contributed by atoms with E-state index in [4.69, 9.17) is 5.73 Å². The fraction of sp³-hybridized carbons (Fsp3) is 0.350. The average Bonchev–Trinajstić information content (AvgIpc) is 3.13. The lowest BCUT2D eigenvalue weighted by molar-refractivity contribution is -0.133. The highest BCUT2D eigenvalue weighted by Gasteiger charge is 2.28. The summed E-state index contributed by atoms with van der Waals surface area (Å²) in [6.07, 6.45) is 5.07. The molecule has 3 aromatic rings. The number of hydrogen-bond donors (Lipinski definition) is 1. The summed E-state index contributed by atoms with van der Waals surface area (Å²) < 4.78 is 15.7. The molecule has 1 unspecified atom stereocenters. The molecule has 0 aliphatic carbocycles. The van der Waals surface area contributed by atoms with Crippen LogP contribution in [0.3, 0.4) is 0 Å². The highest BCUT2D eigenvalue weighted by molar-refractivity contribution is 5.82. The van der Waals surface area contributed by atoms with Gasteiger partial charge in [0.25, 0.3) is 0 Å². The number of aromatic nitrogens is 3. The Morgan fingerprint density at radius 1 is 1.22 bits per heavy atom. The van der Waals surface area contributed by atoms with Crippen LogP contribution in [-0.4, -0.2) is 44.7 Å². The van der Waals surface area contributed by atoms with E-state index in [9.17, 15) is 9.18 Å². The van der Waals surface area contributed by atoms with Crippen LogP contribution in [0, 0.1) is 5.95 Å². The maximum Gasteiger partial charge on any atom is 0.239 e. The number of carbonyl (C=O) groups excluding carboxylic acids is 1. The molecule has 1 aliphatic heterocycles. The SMILES string of the molecule is NC(Cc1cccnc1F)C(=O)N1CCC(n2ncc3ccccc32)CC1. The number of rotatable bonds is 4. The van der Waals surface area contributed by atoms with Gasteiger partial charge in [0.1, 0.15) is 0 Å². The largest absolute Gasteiger partial charge is 0.341 e. The Hall–Kier alpha value is -2.80. The van der Waals surface area contributed by atoms with Gasteiger partial charge in [-0.3, -0.25) is 9.48 Å². The van der Waals surface area contributed by atoms with Crippen LogP contribution in [0.15, 0.2) is 48.8 Å². The second kappa shape index (κ2) is 7.44. The zero-order valence-electron chi connectivity index (χ0n) is 15.0. The van der Waals surface area contributed by atoms with E-state index in [1.807, 2.05) is 24.4 Å². The fourth-order valence-electron chi connectivity index (χ4n) is 3.74. The first-order chi connectivity index (χ1) is 13.1. The third-order valence-corrected chi connectivity index (χ3v) is 5.22. The summed E-state index contributed by atoms with van der Waals surface area (Å²) in [6.45, 7) is 1.25. The maximum atomic E-state index is 13.7. The van der Waals surface area contributed by atoms with Crippen molar-refractivity contribution in [1.82, 2.24) is 19.7 Å². The van der Waals surface area contributed by atoms with E-state index in [2.05, 4.69) is 20.8 Å². The highest BCUT2D eigenvalue weighted by atomic mass is 19.1. The van der Waals surface area contributed by atoms with E-state index in [1.165, 1.54) is 6.20 Å². The molecule has 0 radical (unpaired) electrons. The summed E-state index contributed by atoms with van der Waals surface area (Å²) in [6, 6.07) is 10.9. The lowest BCUT2D eigenvalue weighted by Crippen LogP contribution is -2.48. The molecule has 27 heavy (non-hydrogen) atoms. The minimum absolute atomic E-state index is 0.137. The van der Waals surface area contributed by atoms with Gasteiger partial charge in [-0.05, 0) is 25.0 Å². The number of likely N-dealkylation sites (tertiary alicyclic amines) is 1. The molecule has 0 bridgehead atoms. The number of benzene rings is 1. The zero-order valence-corrected chi connectivity index (χ0v) is 15.0. The average molecular weight is 367 g/mol. The molecule has 2 N–H and O–H groups in total. The van der Waals surface area contributed by atoms with E-state index in [0.717, 1.165) is 23.7 Å². The third-order valence-electron chi connectivity index (χ3n) is 5.22.